The zero-order valence-corrected chi connectivity index (χ0v) is 21.8. The minimum atomic E-state index is -4.98. The Hall–Kier alpha value is -3.81. The van der Waals surface area contributed by atoms with Gasteiger partial charge in [0, 0.05) is 25.0 Å². The molecule has 1 aromatic heterocycles. The number of hydrogen-bond donors (Lipinski definition) is 2. The van der Waals surface area contributed by atoms with Gasteiger partial charge in [0.15, 0.2) is 5.54 Å². The number of nitrogens with one attached hydrogen (secondary N) is 2. The number of ether oxygens (including phenoxy) is 3. The minimum absolute atomic E-state index is 0.0219. The van der Waals surface area contributed by atoms with Crippen LogP contribution >= 0.6 is 0 Å². The number of benzene rings is 1. The smallest absolute Gasteiger partial charge is 0.416 e. The summed E-state index contributed by atoms with van der Waals surface area (Å²) in [5.41, 5.74) is -3.20. The molecule has 41 heavy (non-hydrogen) atoms. The van der Waals surface area contributed by atoms with E-state index in [1.54, 1.807) is 0 Å². The van der Waals surface area contributed by atoms with Crippen molar-refractivity contribution in [3.8, 4) is 11.5 Å². The summed E-state index contributed by atoms with van der Waals surface area (Å²) >= 11 is 0. The van der Waals surface area contributed by atoms with E-state index in [2.05, 4.69) is 15.6 Å². The molecule has 0 spiro atoms. The summed E-state index contributed by atoms with van der Waals surface area (Å²) in [7, 11) is 1.40. The number of aromatic nitrogens is 1. The third-order valence-electron chi connectivity index (χ3n) is 6.84. The molecule has 1 fully saturated rings. The Bertz CT molecular complexity index is 1270. The lowest BCUT2D eigenvalue weighted by Crippen LogP contribution is -2.59. The van der Waals surface area contributed by atoms with Crippen molar-refractivity contribution in [3.63, 3.8) is 0 Å². The van der Waals surface area contributed by atoms with E-state index >= 15 is 0 Å². The molecule has 222 valence electrons. The summed E-state index contributed by atoms with van der Waals surface area (Å²) in [6.45, 7) is -0.187. The lowest BCUT2D eigenvalue weighted by atomic mass is 9.77. The fraction of sp³-hybridized carbons (Fsp3) is 0.444. The largest absolute Gasteiger partial charge is 0.495 e. The molecule has 0 bridgehead atoms. The molecule has 0 unspecified atom stereocenters. The van der Waals surface area contributed by atoms with Crippen LogP contribution in [0.1, 0.15) is 30.5 Å². The summed E-state index contributed by atoms with van der Waals surface area (Å²) in [5.74, 6) is -1.42. The molecule has 2 aliphatic heterocycles. The van der Waals surface area contributed by atoms with Crippen LogP contribution in [0.2, 0.25) is 0 Å². The molecule has 0 aliphatic carbocycles. The average Bonchev–Trinajstić information content (AvgIpc) is 2.88. The number of methoxy groups -OCH3 is 1. The van der Waals surface area contributed by atoms with Crippen LogP contribution in [0.3, 0.4) is 0 Å². The molecule has 2 aromatic rings. The summed E-state index contributed by atoms with van der Waals surface area (Å²) in [5, 5.41) is 4.71. The third-order valence-corrected chi connectivity index (χ3v) is 6.84. The van der Waals surface area contributed by atoms with Crippen molar-refractivity contribution in [2.45, 2.75) is 37.2 Å². The first-order valence-electron chi connectivity index (χ1n) is 12.6. The molecule has 2 amide bonds. The molecule has 4 rings (SSSR count). The van der Waals surface area contributed by atoms with Gasteiger partial charge in [-0.2, -0.15) is 26.3 Å². The Labute approximate surface area is 231 Å². The predicted octanol–water partition coefficient (Wildman–Crippen LogP) is 4.31. The van der Waals surface area contributed by atoms with Crippen LogP contribution in [0.15, 0.2) is 48.2 Å². The van der Waals surface area contributed by atoms with Crippen molar-refractivity contribution in [2.75, 3.05) is 33.5 Å². The van der Waals surface area contributed by atoms with Crippen molar-refractivity contribution in [1.29, 1.82) is 0 Å². The molecule has 1 aromatic carbocycles. The lowest BCUT2D eigenvalue weighted by Gasteiger charge is -2.41. The molecule has 1 saturated heterocycles. The molecular weight excluding hydrogens is 560 g/mol. The molecule has 3 heterocycles. The van der Waals surface area contributed by atoms with Gasteiger partial charge in [-0.3, -0.25) is 14.6 Å². The zero-order chi connectivity index (χ0) is 29.8. The maximum atomic E-state index is 14.8. The van der Waals surface area contributed by atoms with Gasteiger partial charge < -0.3 is 24.8 Å². The van der Waals surface area contributed by atoms with E-state index in [-0.39, 0.29) is 60.9 Å². The second-order valence-corrected chi connectivity index (χ2v) is 9.62. The van der Waals surface area contributed by atoms with Gasteiger partial charge >= 0.3 is 12.4 Å². The number of rotatable bonds is 10. The lowest BCUT2D eigenvalue weighted by molar-refractivity contribution is -0.201. The van der Waals surface area contributed by atoms with E-state index in [0.717, 1.165) is 12.1 Å². The van der Waals surface area contributed by atoms with E-state index in [9.17, 15) is 35.9 Å². The van der Waals surface area contributed by atoms with Gasteiger partial charge in [0.25, 0.3) is 0 Å². The average molecular weight is 588 g/mol. The second kappa shape index (κ2) is 12.0. The van der Waals surface area contributed by atoms with Crippen molar-refractivity contribution in [2.24, 2.45) is 5.92 Å². The molecule has 2 N–H and O–H groups in total. The van der Waals surface area contributed by atoms with Crippen LogP contribution in [0.4, 0.5) is 26.3 Å². The first kappa shape index (κ1) is 30.2. The Morgan fingerprint density at radius 2 is 1.78 bits per heavy atom. The highest BCUT2D eigenvalue weighted by molar-refractivity contribution is 6.04. The normalized spacial score (nSPS) is 19.8. The summed E-state index contributed by atoms with van der Waals surface area (Å²) in [6, 6.07) is 7.53. The maximum Gasteiger partial charge on any atom is 0.416 e. The maximum absolute atomic E-state index is 14.8. The van der Waals surface area contributed by atoms with Crippen molar-refractivity contribution >= 4 is 17.4 Å². The first-order valence-corrected chi connectivity index (χ1v) is 12.6. The zero-order valence-electron chi connectivity index (χ0n) is 21.8. The van der Waals surface area contributed by atoms with Crippen LogP contribution in [0, 0.1) is 5.92 Å². The fourth-order valence-electron chi connectivity index (χ4n) is 4.45. The van der Waals surface area contributed by atoms with Gasteiger partial charge in [-0.25, -0.2) is 0 Å². The van der Waals surface area contributed by atoms with Gasteiger partial charge in [0.05, 0.1) is 44.7 Å². The number of carbonyl (C=O) groups excluding carboxylic acids is 2. The molecule has 2 aliphatic rings. The quantitative estimate of drug-likeness (QED) is 0.318. The Kier molecular flexibility index (Phi) is 8.80. The molecule has 1 atom stereocenters. The van der Waals surface area contributed by atoms with E-state index in [0.29, 0.717) is 5.75 Å². The van der Waals surface area contributed by atoms with Crippen LogP contribution < -0.4 is 20.1 Å². The summed E-state index contributed by atoms with van der Waals surface area (Å²) in [6.07, 6.45) is -10.1. The minimum Gasteiger partial charge on any atom is -0.495 e. The Balaban J connectivity index is 1.65. The summed E-state index contributed by atoms with van der Waals surface area (Å²) < 4.78 is 96.9. The van der Waals surface area contributed by atoms with Gasteiger partial charge in [-0.05, 0) is 41.8 Å². The molecule has 0 radical (unpaired) electrons. The van der Waals surface area contributed by atoms with E-state index in [4.69, 9.17) is 14.2 Å². The van der Waals surface area contributed by atoms with Crippen molar-refractivity contribution in [1.82, 2.24) is 15.6 Å². The SMILES string of the molecule is COc1ccc(C2=C(CNC(=O)C3COC3)C(=O)N[C@@](c3ccc(OCCCC(F)(F)F)cc3)(C(F)(F)F)C2)nc1. The van der Waals surface area contributed by atoms with Gasteiger partial charge in [-0.15, -0.1) is 0 Å². The molecule has 0 saturated carbocycles. The van der Waals surface area contributed by atoms with Gasteiger partial charge in [-0.1, -0.05) is 12.1 Å². The number of halogens is 6. The first-order chi connectivity index (χ1) is 19.3. The highest BCUT2D eigenvalue weighted by atomic mass is 19.4. The van der Waals surface area contributed by atoms with Crippen LogP contribution in [0.5, 0.6) is 11.5 Å². The number of hydrogen-bond acceptors (Lipinski definition) is 6. The molecular formula is C27H27F6N3O5. The number of nitrogens with zero attached hydrogens (tertiary/aromatic N) is 1. The summed E-state index contributed by atoms with van der Waals surface area (Å²) in [4.78, 5) is 29.9. The topological polar surface area (TPSA) is 98.8 Å². The Morgan fingerprint density at radius 3 is 2.32 bits per heavy atom. The fourth-order valence-corrected chi connectivity index (χ4v) is 4.45. The van der Waals surface area contributed by atoms with Crippen LogP contribution in [0.25, 0.3) is 5.57 Å². The number of pyridine rings is 1. The van der Waals surface area contributed by atoms with Crippen molar-refractivity contribution < 1.29 is 50.1 Å². The molecule has 14 heteroatoms. The van der Waals surface area contributed by atoms with Crippen molar-refractivity contribution in [3.05, 3.63) is 59.4 Å². The third kappa shape index (κ3) is 6.92. The number of alkyl halides is 6. The van der Waals surface area contributed by atoms with Crippen LogP contribution in [-0.2, 0) is 19.9 Å². The monoisotopic (exact) mass is 587 g/mol. The Morgan fingerprint density at radius 1 is 1.10 bits per heavy atom. The van der Waals surface area contributed by atoms with Gasteiger partial charge in [0.2, 0.25) is 11.8 Å². The van der Waals surface area contributed by atoms with E-state index in [1.165, 1.54) is 37.6 Å². The highest BCUT2D eigenvalue weighted by Crippen LogP contribution is 2.48. The molecule has 8 nitrogen and oxygen atoms in total. The number of amides is 2. The van der Waals surface area contributed by atoms with Gasteiger partial charge in [0.1, 0.15) is 11.5 Å². The second-order valence-electron chi connectivity index (χ2n) is 9.62. The van der Waals surface area contributed by atoms with E-state index in [1.807, 2.05) is 0 Å². The van der Waals surface area contributed by atoms with Crippen LogP contribution in [-0.4, -0.2) is 62.6 Å². The number of carbonyl (C=O) groups is 2. The van der Waals surface area contributed by atoms with E-state index < -0.39 is 48.5 Å². The standard InChI is InChI=1S/C27H27F6N3O5/c1-39-19-7-8-22(34-12-19)20-11-25(27(31,32)33,36-24(38)21(20)13-35-23(37)16-14-40-15-16)17-3-5-18(6-4-17)41-10-2-9-26(28,29)30/h3-8,12,16H,2,9-11,13-15H2,1H3,(H,35,37)(H,36,38)/t25-/m0/s1. The predicted molar refractivity (Wildman–Crippen MR) is 133 cm³/mol. The highest BCUT2D eigenvalue weighted by Gasteiger charge is 2.59.